The van der Waals surface area contributed by atoms with E-state index in [0.29, 0.717) is 12.3 Å². The van der Waals surface area contributed by atoms with Crippen LogP contribution in [-0.2, 0) is 5.41 Å². The van der Waals surface area contributed by atoms with Crippen LogP contribution in [0.15, 0.2) is 18.2 Å². The van der Waals surface area contributed by atoms with E-state index in [-0.39, 0.29) is 5.41 Å². The summed E-state index contributed by atoms with van der Waals surface area (Å²) in [6, 6.07) is 6.05. The number of nitrogen functional groups attached to an aromatic ring is 1. The number of hydrogen-bond donors (Lipinski definition) is 1. The lowest BCUT2D eigenvalue weighted by Crippen LogP contribution is -2.11. The molecule has 0 aliphatic rings. The topological polar surface area (TPSA) is 26.0 Å². The fourth-order valence-corrected chi connectivity index (χ4v) is 1.43. The minimum Gasteiger partial charge on any atom is -0.398 e. The number of hydrogen-bond acceptors (Lipinski definition) is 1. The van der Waals surface area contributed by atoms with Crippen molar-refractivity contribution in [2.24, 2.45) is 0 Å². The summed E-state index contributed by atoms with van der Waals surface area (Å²) in [5.74, 6) is 6.64. The van der Waals surface area contributed by atoms with Gasteiger partial charge in [0.15, 0.2) is 0 Å². The van der Waals surface area contributed by atoms with Crippen molar-refractivity contribution in [1.82, 2.24) is 0 Å². The van der Waals surface area contributed by atoms with Crippen molar-refractivity contribution in [2.75, 3.05) is 11.6 Å². The lowest BCUT2D eigenvalue weighted by Gasteiger charge is -2.19. The minimum absolute atomic E-state index is 0.122. The smallest absolute Gasteiger partial charge is 0.0477 e. The molecule has 0 bridgehead atoms. The van der Waals surface area contributed by atoms with Crippen LogP contribution >= 0.6 is 11.6 Å². The van der Waals surface area contributed by atoms with Gasteiger partial charge in [0.25, 0.3) is 0 Å². The fourth-order valence-electron chi connectivity index (χ4n) is 1.34. The van der Waals surface area contributed by atoms with Crippen molar-refractivity contribution >= 4 is 17.3 Å². The van der Waals surface area contributed by atoms with Gasteiger partial charge in [0.1, 0.15) is 0 Å². The molecule has 1 rings (SSSR count). The first-order chi connectivity index (χ1) is 7.45. The van der Waals surface area contributed by atoms with Crippen LogP contribution in [0.2, 0.25) is 0 Å². The van der Waals surface area contributed by atoms with Crippen molar-refractivity contribution in [3.05, 3.63) is 29.3 Å². The Hall–Kier alpha value is -1.13. The molecular weight excluding hydrogens is 218 g/mol. The van der Waals surface area contributed by atoms with Crippen LogP contribution < -0.4 is 5.73 Å². The van der Waals surface area contributed by atoms with E-state index in [4.69, 9.17) is 17.3 Å². The molecule has 0 atom stereocenters. The normalized spacial score (nSPS) is 10.8. The minimum atomic E-state index is 0.122. The summed E-state index contributed by atoms with van der Waals surface area (Å²) in [6.07, 6.45) is 0.695. The standard InChI is InChI=1S/C14H18ClN/c1-14(2,3)12-7-8-13(16)11(10-12)6-4-5-9-15/h7-8,10H,5,9,16H2,1-3H3. The van der Waals surface area contributed by atoms with E-state index in [1.807, 2.05) is 6.07 Å². The molecule has 1 aromatic rings. The molecule has 0 radical (unpaired) electrons. The van der Waals surface area contributed by atoms with Crippen molar-refractivity contribution in [1.29, 1.82) is 0 Å². The number of alkyl halides is 1. The van der Waals surface area contributed by atoms with Gasteiger partial charge in [-0.25, -0.2) is 0 Å². The van der Waals surface area contributed by atoms with Crippen molar-refractivity contribution in [3.63, 3.8) is 0 Å². The molecule has 0 spiro atoms. The highest BCUT2D eigenvalue weighted by atomic mass is 35.5. The molecule has 2 heteroatoms. The molecule has 0 saturated carbocycles. The van der Waals surface area contributed by atoms with Gasteiger partial charge >= 0.3 is 0 Å². The van der Waals surface area contributed by atoms with Crippen LogP contribution in [0, 0.1) is 11.8 Å². The zero-order valence-electron chi connectivity index (χ0n) is 10.1. The van der Waals surface area contributed by atoms with E-state index in [0.717, 1.165) is 11.3 Å². The molecule has 0 unspecified atom stereocenters. The molecule has 0 fully saturated rings. The predicted molar refractivity (Wildman–Crippen MR) is 71.8 cm³/mol. The molecule has 0 aliphatic carbocycles. The van der Waals surface area contributed by atoms with Gasteiger partial charge in [-0.05, 0) is 23.1 Å². The highest BCUT2D eigenvalue weighted by Gasteiger charge is 2.14. The Morgan fingerprint density at radius 1 is 1.31 bits per heavy atom. The lowest BCUT2D eigenvalue weighted by molar-refractivity contribution is 0.590. The monoisotopic (exact) mass is 235 g/mol. The Balaban J connectivity index is 3.06. The summed E-state index contributed by atoms with van der Waals surface area (Å²) in [6.45, 7) is 6.53. The molecule has 0 heterocycles. The summed E-state index contributed by atoms with van der Waals surface area (Å²) in [7, 11) is 0. The summed E-state index contributed by atoms with van der Waals surface area (Å²) in [5, 5.41) is 0. The maximum atomic E-state index is 5.88. The molecule has 0 aliphatic heterocycles. The fraction of sp³-hybridized carbons (Fsp3) is 0.429. The van der Waals surface area contributed by atoms with Crippen molar-refractivity contribution < 1.29 is 0 Å². The van der Waals surface area contributed by atoms with E-state index in [1.54, 1.807) is 0 Å². The molecule has 86 valence electrons. The predicted octanol–water partition coefficient (Wildman–Crippen LogP) is 3.55. The molecule has 0 amide bonds. The van der Waals surface area contributed by atoms with Crippen LogP contribution in [0.4, 0.5) is 5.69 Å². The summed E-state index contributed by atoms with van der Waals surface area (Å²) < 4.78 is 0. The van der Waals surface area contributed by atoms with E-state index in [2.05, 4.69) is 44.7 Å². The van der Waals surface area contributed by atoms with Crippen molar-refractivity contribution in [2.45, 2.75) is 32.6 Å². The second-order valence-electron chi connectivity index (χ2n) is 4.79. The Morgan fingerprint density at radius 3 is 2.56 bits per heavy atom. The third-order valence-electron chi connectivity index (χ3n) is 2.36. The van der Waals surface area contributed by atoms with Crippen LogP contribution in [-0.4, -0.2) is 5.88 Å². The lowest BCUT2D eigenvalue weighted by atomic mass is 9.86. The molecule has 1 aromatic carbocycles. The second kappa shape index (κ2) is 5.27. The highest BCUT2D eigenvalue weighted by molar-refractivity contribution is 6.18. The number of anilines is 1. The molecular formula is C14H18ClN. The van der Waals surface area contributed by atoms with E-state index < -0.39 is 0 Å². The summed E-state index contributed by atoms with van der Waals surface area (Å²) in [4.78, 5) is 0. The quantitative estimate of drug-likeness (QED) is 0.450. The van der Waals surface area contributed by atoms with Crippen LogP contribution in [0.25, 0.3) is 0 Å². The van der Waals surface area contributed by atoms with Crippen molar-refractivity contribution in [3.8, 4) is 11.8 Å². The molecule has 2 N–H and O–H groups in total. The Morgan fingerprint density at radius 2 is 2.00 bits per heavy atom. The SMILES string of the molecule is CC(C)(C)c1ccc(N)c(C#CCCCl)c1. The van der Waals surface area contributed by atoms with Crippen LogP contribution in [0.5, 0.6) is 0 Å². The van der Waals surface area contributed by atoms with Gasteiger partial charge in [-0.3, -0.25) is 0 Å². The van der Waals surface area contributed by atoms with Gasteiger partial charge in [0.05, 0.1) is 0 Å². The first-order valence-electron chi connectivity index (χ1n) is 5.40. The molecule has 1 nitrogen and oxygen atoms in total. The second-order valence-corrected chi connectivity index (χ2v) is 5.17. The molecule has 16 heavy (non-hydrogen) atoms. The first kappa shape index (κ1) is 12.9. The van der Waals surface area contributed by atoms with Crippen LogP contribution in [0.1, 0.15) is 38.3 Å². The van der Waals surface area contributed by atoms with E-state index in [1.165, 1.54) is 5.56 Å². The highest BCUT2D eigenvalue weighted by Crippen LogP contribution is 2.25. The first-order valence-corrected chi connectivity index (χ1v) is 5.93. The van der Waals surface area contributed by atoms with E-state index >= 15 is 0 Å². The number of benzene rings is 1. The largest absolute Gasteiger partial charge is 0.398 e. The molecule has 0 aromatic heterocycles. The number of rotatable bonds is 1. The molecule has 0 saturated heterocycles. The van der Waals surface area contributed by atoms with Gasteiger partial charge in [0.2, 0.25) is 0 Å². The number of nitrogens with two attached hydrogens (primary N) is 1. The Kier molecular flexibility index (Phi) is 4.26. The van der Waals surface area contributed by atoms with Gasteiger partial charge in [-0.2, -0.15) is 0 Å². The van der Waals surface area contributed by atoms with Gasteiger partial charge in [-0.15, -0.1) is 11.6 Å². The Bertz CT molecular complexity index is 419. The third kappa shape index (κ3) is 3.47. The van der Waals surface area contributed by atoms with Gasteiger partial charge in [0, 0.05) is 23.6 Å². The van der Waals surface area contributed by atoms with Gasteiger partial charge < -0.3 is 5.73 Å². The summed E-state index contributed by atoms with van der Waals surface area (Å²) in [5.41, 5.74) is 8.88. The maximum Gasteiger partial charge on any atom is 0.0477 e. The van der Waals surface area contributed by atoms with Gasteiger partial charge in [-0.1, -0.05) is 38.7 Å². The number of halogens is 1. The zero-order valence-corrected chi connectivity index (χ0v) is 10.9. The average molecular weight is 236 g/mol. The Labute approximate surface area is 103 Å². The summed E-state index contributed by atoms with van der Waals surface area (Å²) >= 11 is 5.58. The zero-order chi connectivity index (χ0) is 12.2. The van der Waals surface area contributed by atoms with E-state index in [9.17, 15) is 0 Å². The average Bonchev–Trinajstić information content (AvgIpc) is 2.19. The van der Waals surface area contributed by atoms with Crippen LogP contribution in [0.3, 0.4) is 0 Å². The maximum absolute atomic E-state index is 5.88. The third-order valence-corrected chi connectivity index (χ3v) is 2.55.